The minimum absolute atomic E-state index is 0.736. The van der Waals surface area contributed by atoms with Crippen molar-refractivity contribution in [3.8, 4) is 6.07 Å². The average molecular weight is 161 g/mol. The van der Waals surface area contributed by atoms with Gasteiger partial charge >= 0.3 is 0 Å². The maximum atomic E-state index is 8.54. The van der Waals surface area contributed by atoms with Crippen molar-refractivity contribution in [2.75, 3.05) is 0 Å². The number of hydrogen-bond acceptors (Lipinski definition) is 1. The molecule has 12 heavy (non-hydrogen) atoms. The van der Waals surface area contributed by atoms with Crippen molar-refractivity contribution in [2.45, 2.75) is 27.2 Å². The van der Waals surface area contributed by atoms with E-state index in [0.29, 0.717) is 0 Å². The van der Waals surface area contributed by atoms with Crippen LogP contribution >= 0.6 is 0 Å². The molecule has 0 unspecified atom stereocenters. The summed E-state index contributed by atoms with van der Waals surface area (Å²) in [7, 11) is 0. The third-order valence-electron chi connectivity index (χ3n) is 1.74. The number of allylic oxidation sites excluding steroid dienone is 5. The molecule has 1 nitrogen and oxygen atoms in total. The monoisotopic (exact) mass is 161 g/mol. The molecule has 0 amide bonds. The quantitative estimate of drug-likeness (QED) is 0.460. The molecular weight excluding hydrogens is 146 g/mol. The van der Waals surface area contributed by atoms with Crippen LogP contribution in [0.5, 0.6) is 0 Å². The summed E-state index contributed by atoms with van der Waals surface area (Å²) in [5, 5.41) is 8.54. The van der Waals surface area contributed by atoms with Gasteiger partial charge in [-0.15, -0.1) is 0 Å². The van der Waals surface area contributed by atoms with E-state index in [0.717, 1.165) is 17.6 Å². The van der Waals surface area contributed by atoms with Crippen LogP contribution < -0.4 is 0 Å². The van der Waals surface area contributed by atoms with E-state index in [4.69, 9.17) is 5.26 Å². The van der Waals surface area contributed by atoms with Gasteiger partial charge in [0.25, 0.3) is 0 Å². The molecule has 0 fully saturated rings. The number of rotatable bonds is 3. The second-order valence-electron chi connectivity index (χ2n) is 2.71. The molecule has 0 aliphatic rings. The molecule has 0 saturated carbocycles. The predicted molar refractivity (Wildman–Crippen MR) is 52.6 cm³/mol. The lowest BCUT2D eigenvalue weighted by molar-refractivity contribution is 1.12. The minimum Gasteiger partial charge on any atom is -0.193 e. The second kappa shape index (κ2) is 5.37. The summed E-state index contributed by atoms with van der Waals surface area (Å²) in [5.41, 5.74) is 3.07. The topological polar surface area (TPSA) is 23.8 Å². The van der Waals surface area contributed by atoms with Crippen molar-refractivity contribution in [3.05, 3.63) is 35.5 Å². The molecule has 0 aliphatic heterocycles. The van der Waals surface area contributed by atoms with Crippen molar-refractivity contribution in [1.29, 1.82) is 5.26 Å². The zero-order valence-electron chi connectivity index (χ0n) is 8.02. The predicted octanol–water partition coefficient (Wildman–Crippen LogP) is 3.37. The van der Waals surface area contributed by atoms with Gasteiger partial charge in [0.1, 0.15) is 0 Å². The van der Waals surface area contributed by atoms with E-state index in [1.807, 2.05) is 19.1 Å². The maximum absolute atomic E-state index is 8.54. The highest BCUT2D eigenvalue weighted by Gasteiger charge is 1.93. The fraction of sp³-hybridized carbons (Fsp3) is 0.364. The van der Waals surface area contributed by atoms with E-state index in [2.05, 4.69) is 19.6 Å². The summed E-state index contributed by atoms with van der Waals surface area (Å²) in [6.45, 7) is 9.60. The lowest BCUT2D eigenvalue weighted by Gasteiger charge is -2.00. The first-order valence-corrected chi connectivity index (χ1v) is 4.06. The Morgan fingerprint density at radius 2 is 2.08 bits per heavy atom. The molecule has 0 bridgehead atoms. The minimum atomic E-state index is 0.736. The molecule has 0 atom stereocenters. The van der Waals surface area contributed by atoms with Crippen molar-refractivity contribution in [1.82, 2.24) is 0 Å². The standard InChI is InChI=1S/C11H15N/c1-5-11(6-2)10(4)7-9(3)8-12/h5,7H,1,6H2,2-4H3/b9-7+,11-10+. The van der Waals surface area contributed by atoms with E-state index < -0.39 is 0 Å². The molecule has 0 aliphatic carbocycles. The Hall–Kier alpha value is -1.29. The molecular formula is C11H15N. The molecule has 0 rings (SSSR count). The largest absolute Gasteiger partial charge is 0.193 e. The molecule has 0 aromatic carbocycles. The molecule has 0 aromatic rings. The first-order chi connectivity index (χ1) is 5.65. The summed E-state index contributed by atoms with van der Waals surface area (Å²) >= 11 is 0. The molecule has 0 N–H and O–H groups in total. The van der Waals surface area contributed by atoms with E-state index in [9.17, 15) is 0 Å². The van der Waals surface area contributed by atoms with Gasteiger partial charge in [0.2, 0.25) is 0 Å². The van der Waals surface area contributed by atoms with Crippen LogP contribution in [-0.2, 0) is 0 Å². The van der Waals surface area contributed by atoms with Gasteiger partial charge in [-0.25, -0.2) is 0 Å². The van der Waals surface area contributed by atoms with Gasteiger partial charge in [0, 0.05) is 5.57 Å². The number of nitrogens with zero attached hydrogens (tertiary/aromatic N) is 1. The Bertz CT molecular complexity index is 261. The van der Waals surface area contributed by atoms with Gasteiger partial charge in [0.05, 0.1) is 6.07 Å². The van der Waals surface area contributed by atoms with Crippen molar-refractivity contribution in [3.63, 3.8) is 0 Å². The van der Waals surface area contributed by atoms with Gasteiger partial charge in [-0.05, 0) is 37.5 Å². The van der Waals surface area contributed by atoms with Crippen LogP contribution in [-0.4, -0.2) is 0 Å². The third-order valence-corrected chi connectivity index (χ3v) is 1.74. The molecule has 0 aromatic heterocycles. The van der Waals surface area contributed by atoms with Crippen LogP contribution in [0.3, 0.4) is 0 Å². The molecule has 0 spiro atoms. The SMILES string of the molecule is C=C/C(CC)=C(C)\C=C(/C)C#N. The smallest absolute Gasteiger partial charge is 0.0944 e. The Kier molecular flexibility index (Phi) is 4.79. The summed E-state index contributed by atoms with van der Waals surface area (Å²) in [5.74, 6) is 0. The molecule has 64 valence electrons. The summed E-state index contributed by atoms with van der Waals surface area (Å²) in [4.78, 5) is 0. The lowest BCUT2D eigenvalue weighted by Crippen LogP contribution is -1.81. The first kappa shape index (κ1) is 10.7. The molecule has 0 radical (unpaired) electrons. The zero-order valence-corrected chi connectivity index (χ0v) is 8.02. The fourth-order valence-corrected chi connectivity index (χ4v) is 1.03. The Balaban J connectivity index is 4.79. The van der Waals surface area contributed by atoms with E-state index in [1.54, 1.807) is 6.92 Å². The average Bonchev–Trinajstić information content (AvgIpc) is 2.06. The highest BCUT2D eigenvalue weighted by atomic mass is 14.2. The van der Waals surface area contributed by atoms with Crippen LogP contribution in [0.4, 0.5) is 0 Å². The van der Waals surface area contributed by atoms with E-state index in [-0.39, 0.29) is 0 Å². The number of nitriles is 1. The normalized spacial score (nSPS) is 13.3. The first-order valence-electron chi connectivity index (χ1n) is 4.06. The Morgan fingerprint density at radius 3 is 2.42 bits per heavy atom. The van der Waals surface area contributed by atoms with Gasteiger partial charge in [-0.2, -0.15) is 5.26 Å². The Morgan fingerprint density at radius 1 is 1.50 bits per heavy atom. The highest BCUT2D eigenvalue weighted by molar-refractivity contribution is 5.35. The third kappa shape index (κ3) is 3.21. The fourth-order valence-electron chi connectivity index (χ4n) is 1.03. The van der Waals surface area contributed by atoms with Gasteiger partial charge < -0.3 is 0 Å². The molecule has 0 saturated heterocycles. The van der Waals surface area contributed by atoms with Crippen molar-refractivity contribution < 1.29 is 0 Å². The summed E-state index contributed by atoms with van der Waals surface area (Å²) in [6.07, 6.45) is 4.70. The van der Waals surface area contributed by atoms with Gasteiger partial charge in [0.15, 0.2) is 0 Å². The maximum Gasteiger partial charge on any atom is 0.0944 e. The van der Waals surface area contributed by atoms with E-state index in [1.165, 1.54) is 5.57 Å². The summed E-state index contributed by atoms with van der Waals surface area (Å²) in [6, 6.07) is 2.09. The van der Waals surface area contributed by atoms with Crippen LogP contribution in [0.25, 0.3) is 0 Å². The lowest BCUT2D eigenvalue weighted by atomic mass is 10.1. The van der Waals surface area contributed by atoms with Crippen LogP contribution in [0.2, 0.25) is 0 Å². The van der Waals surface area contributed by atoms with Crippen molar-refractivity contribution in [2.24, 2.45) is 0 Å². The van der Waals surface area contributed by atoms with Crippen LogP contribution in [0.15, 0.2) is 35.5 Å². The van der Waals surface area contributed by atoms with Gasteiger partial charge in [-0.3, -0.25) is 0 Å². The second-order valence-corrected chi connectivity index (χ2v) is 2.71. The van der Waals surface area contributed by atoms with E-state index >= 15 is 0 Å². The Labute approximate surface area is 74.7 Å². The molecule has 1 heteroatoms. The van der Waals surface area contributed by atoms with Crippen molar-refractivity contribution >= 4 is 0 Å². The summed E-state index contributed by atoms with van der Waals surface area (Å²) < 4.78 is 0. The highest BCUT2D eigenvalue weighted by Crippen LogP contribution is 2.11. The number of hydrogen-bond donors (Lipinski definition) is 0. The van der Waals surface area contributed by atoms with Crippen LogP contribution in [0.1, 0.15) is 27.2 Å². The molecule has 0 heterocycles. The van der Waals surface area contributed by atoms with Gasteiger partial charge in [-0.1, -0.05) is 19.6 Å². The zero-order chi connectivity index (χ0) is 9.56. The van der Waals surface area contributed by atoms with Crippen LogP contribution in [0, 0.1) is 11.3 Å².